The van der Waals surface area contributed by atoms with E-state index in [4.69, 9.17) is 0 Å². The van der Waals surface area contributed by atoms with Crippen molar-refractivity contribution in [3.8, 4) is 0 Å². The number of carbonyl (C=O) groups excluding carboxylic acids is 2. The molecule has 0 saturated heterocycles. The van der Waals surface area contributed by atoms with Crippen molar-refractivity contribution < 1.29 is 9.59 Å². The lowest BCUT2D eigenvalue weighted by atomic mass is 10.0. The maximum Gasteiger partial charge on any atom is 0.291 e. The Hall–Kier alpha value is -2.63. The summed E-state index contributed by atoms with van der Waals surface area (Å²) < 4.78 is 1.94. The van der Waals surface area contributed by atoms with Crippen LogP contribution < -0.4 is 10.6 Å². The van der Waals surface area contributed by atoms with Crippen molar-refractivity contribution in [1.82, 2.24) is 14.9 Å². The van der Waals surface area contributed by atoms with Gasteiger partial charge in [0.15, 0.2) is 5.82 Å². The van der Waals surface area contributed by atoms with Crippen LogP contribution in [0.5, 0.6) is 0 Å². The summed E-state index contributed by atoms with van der Waals surface area (Å²) in [4.78, 5) is 30.6. The first-order chi connectivity index (χ1) is 14.0. The summed E-state index contributed by atoms with van der Waals surface area (Å²) in [6, 6.07) is 8.08. The quantitative estimate of drug-likeness (QED) is 0.795. The van der Waals surface area contributed by atoms with Crippen molar-refractivity contribution in [2.45, 2.75) is 77.3 Å². The summed E-state index contributed by atoms with van der Waals surface area (Å²) >= 11 is 0. The molecular formula is C23H30N4O2. The first kappa shape index (κ1) is 19.7. The number of nitrogens with zero attached hydrogens (tertiary/aromatic N) is 2. The lowest BCUT2D eigenvalue weighted by Gasteiger charge is -2.18. The maximum atomic E-state index is 13.1. The molecular weight excluding hydrogens is 364 g/mol. The van der Waals surface area contributed by atoms with E-state index in [1.807, 2.05) is 28.8 Å². The number of hydrogen-bond donors (Lipinski definition) is 2. The summed E-state index contributed by atoms with van der Waals surface area (Å²) in [5, 5.41) is 6.15. The molecule has 1 aliphatic carbocycles. The van der Waals surface area contributed by atoms with Gasteiger partial charge in [0.25, 0.3) is 11.8 Å². The highest BCUT2D eigenvalue weighted by molar-refractivity contribution is 6.04. The van der Waals surface area contributed by atoms with Crippen LogP contribution in [0.25, 0.3) is 0 Å². The van der Waals surface area contributed by atoms with E-state index in [-0.39, 0.29) is 17.9 Å². The minimum atomic E-state index is -0.249. The zero-order chi connectivity index (χ0) is 20.4. The predicted molar refractivity (Wildman–Crippen MR) is 113 cm³/mol. The van der Waals surface area contributed by atoms with Gasteiger partial charge in [-0.15, -0.1) is 0 Å². The van der Waals surface area contributed by atoms with E-state index in [0.29, 0.717) is 17.4 Å². The number of imidazole rings is 1. The number of para-hydroxylation sites is 1. The standard InChI is InChI=1S/C23H30N4O2/c1-15(2)17-11-5-6-12-18(17)25-23(29)21-26-20(19-13-7-8-14-27(19)21)22(28)24-16-9-3-4-10-16/h5-6,11-12,15-16H,3-4,7-10,13-14H2,1-2H3,(H,24,28)(H,25,29). The molecule has 0 atom stereocenters. The smallest absolute Gasteiger partial charge is 0.291 e. The van der Waals surface area contributed by atoms with Crippen LogP contribution >= 0.6 is 0 Å². The zero-order valence-electron chi connectivity index (χ0n) is 17.3. The second kappa shape index (κ2) is 8.39. The van der Waals surface area contributed by atoms with E-state index in [9.17, 15) is 9.59 Å². The highest BCUT2D eigenvalue weighted by atomic mass is 16.2. The molecule has 0 radical (unpaired) electrons. The molecule has 0 unspecified atom stereocenters. The Balaban J connectivity index is 1.61. The Morgan fingerprint density at radius 3 is 2.59 bits per heavy atom. The molecule has 1 aliphatic heterocycles. The Morgan fingerprint density at radius 1 is 1.07 bits per heavy atom. The molecule has 1 fully saturated rings. The third-order valence-electron chi connectivity index (χ3n) is 6.06. The molecule has 2 aromatic rings. The number of carbonyl (C=O) groups is 2. The van der Waals surface area contributed by atoms with E-state index in [1.165, 1.54) is 0 Å². The number of anilines is 1. The monoisotopic (exact) mass is 394 g/mol. The molecule has 2 heterocycles. The van der Waals surface area contributed by atoms with Crippen LogP contribution in [0, 0.1) is 0 Å². The fourth-order valence-electron chi connectivity index (χ4n) is 4.51. The van der Waals surface area contributed by atoms with Crippen molar-refractivity contribution in [3.63, 3.8) is 0 Å². The summed E-state index contributed by atoms with van der Waals surface area (Å²) in [5.41, 5.74) is 3.22. The van der Waals surface area contributed by atoms with E-state index in [2.05, 4.69) is 29.5 Å². The molecule has 4 rings (SSSR count). The van der Waals surface area contributed by atoms with Gasteiger partial charge in [0, 0.05) is 18.3 Å². The van der Waals surface area contributed by atoms with E-state index >= 15 is 0 Å². The van der Waals surface area contributed by atoms with Gasteiger partial charge in [-0.05, 0) is 49.7 Å². The topological polar surface area (TPSA) is 76.0 Å². The third-order valence-corrected chi connectivity index (χ3v) is 6.06. The van der Waals surface area contributed by atoms with E-state index in [0.717, 1.165) is 68.4 Å². The van der Waals surface area contributed by atoms with Crippen molar-refractivity contribution in [3.05, 3.63) is 47.0 Å². The van der Waals surface area contributed by atoms with Crippen LogP contribution in [-0.2, 0) is 13.0 Å². The first-order valence-electron chi connectivity index (χ1n) is 10.8. The second-order valence-corrected chi connectivity index (χ2v) is 8.49. The van der Waals surface area contributed by atoms with Gasteiger partial charge in [0.05, 0.1) is 5.69 Å². The van der Waals surface area contributed by atoms with Crippen molar-refractivity contribution in [2.75, 3.05) is 5.32 Å². The number of rotatable bonds is 5. The first-order valence-corrected chi connectivity index (χ1v) is 10.8. The third kappa shape index (κ3) is 4.07. The van der Waals surface area contributed by atoms with Crippen LogP contribution in [0.4, 0.5) is 5.69 Å². The van der Waals surface area contributed by atoms with Gasteiger partial charge < -0.3 is 15.2 Å². The molecule has 2 amide bonds. The van der Waals surface area contributed by atoms with Gasteiger partial charge in [0.2, 0.25) is 0 Å². The maximum absolute atomic E-state index is 13.1. The fourth-order valence-corrected chi connectivity index (χ4v) is 4.51. The number of amides is 2. The molecule has 1 aromatic heterocycles. The zero-order valence-corrected chi connectivity index (χ0v) is 17.3. The Morgan fingerprint density at radius 2 is 1.83 bits per heavy atom. The number of fused-ring (bicyclic) bond motifs is 1. The van der Waals surface area contributed by atoms with Crippen molar-refractivity contribution in [1.29, 1.82) is 0 Å². The largest absolute Gasteiger partial charge is 0.348 e. The lowest BCUT2D eigenvalue weighted by Crippen LogP contribution is -2.33. The minimum Gasteiger partial charge on any atom is -0.348 e. The Labute approximate surface area is 172 Å². The summed E-state index contributed by atoms with van der Waals surface area (Å²) in [6.45, 7) is 4.94. The average Bonchev–Trinajstić information content (AvgIpc) is 3.36. The predicted octanol–water partition coefficient (Wildman–Crippen LogP) is 4.27. The Bertz CT molecular complexity index is 910. The van der Waals surface area contributed by atoms with E-state index < -0.39 is 0 Å². The highest BCUT2D eigenvalue weighted by Crippen LogP contribution is 2.26. The summed E-state index contributed by atoms with van der Waals surface area (Å²) in [6.07, 6.45) is 7.19. The number of aromatic nitrogens is 2. The van der Waals surface area contributed by atoms with Crippen LogP contribution in [0.3, 0.4) is 0 Å². The molecule has 2 aliphatic rings. The molecule has 154 valence electrons. The summed E-state index contributed by atoms with van der Waals surface area (Å²) in [7, 11) is 0. The van der Waals surface area contributed by atoms with E-state index in [1.54, 1.807) is 0 Å². The highest BCUT2D eigenvalue weighted by Gasteiger charge is 2.29. The molecule has 29 heavy (non-hydrogen) atoms. The number of hydrogen-bond acceptors (Lipinski definition) is 3. The van der Waals surface area contributed by atoms with Gasteiger partial charge in [-0.3, -0.25) is 9.59 Å². The molecule has 6 nitrogen and oxygen atoms in total. The molecule has 6 heteroatoms. The van der Waals surface area contributed by atoms with Gasteiger partial charge in [-0.1, -0.05) is 44.9 Å². The molecule has 1 aromatic carbocycles. The Kier molecular flexibility index (Phi) is 5.69. The number of nitrogens with one attached hydrogen (secondary N) is 2. The van der Waals surface area contributed by atoms with Crippen molar-refractivity contribution in [2.24, 2.45) is 0 Å². The van der Waals surface area contributed by atoms with Crippen LogP contribution in [0.2, 0.25) is 0 Å². The molecule has 1 saturated carbocycles. The van der Waals surface area contributed by atoms with Crippen LogP contribution in [0.15, 0.2) is 24.3 Å². The fraction of sp³-hybridized carbons (Fsp3) is 0.522. The minimum absolute atomic E-state index is 0.135. The van der Waals surface area contributed by atoms with Gasteiger partial charge in [-0.2, -0.15) is 0 Å². The SMILES string of the molecule is CC(C)c1ccccc1NC(=O)c1nc(C(=O)NC2CCCC2)c2n1CCCC2. The molecule has 0 bridgehead atoms. The molecule has 0 spiro atoms. The number of benzene rings is 1. The average molecular weight is 395 g/mol. The van der Waals surface area contributed by atoms with Crippen LogP contribution in [0.1, 0.15) is 90.7 Å². The normalized spacial score (nSPS) is 16.7. The van der Waals surface area contributed by atoms with Crippen molar-refractivity contribution >= 4 is 17.5 Å². The molecule has 2 N–H and O–H groups in total. The van der Waals surface area contributed by atoms with Gasteiger partial charge >= 0.3 is 0 Å². The second-order valence-electron chi connectivity index (χ2n) is 8.49. The van der Waals surface area contributed by atoms with Gasteiger partial charge in [-0.25, -0.2) is 4.98 Å². The summed E-state index contributed by atoms with van der Waals surface area (Å²) in [5.74, 6) is 0.258. The van der Waals surface area contributed by atoms with Gasteiger partial charge in [0.1, 0.15) is 5.69 Å². The lowest BCUT2D eigenvalue weighted by molar-refractivity contribution is 0.0931. The van der Waals surface area contributed by atoms with Crippen LogP contribution in [-0.4, -0.2) is 27.4 Å².